The van der Waals surface area contributed by atoms with Crippen LogP contribution in [0.4, 0.5) is 8.78 Å². The van der Waals surface area contributed by atoms with Crippen molar-refractivity contribution in [1.82, 2.24) is 9.80 Å². The highest BCUT2D eigenvalue weighted by atomic mass is 32.2. The van der Waals surface area contributed by atoms with Gasteiger partial charge in [-0.3, -0.25) is 9.80 Å². The van der Waals surface area contributed by atoms with Crippen molar-refractivity contribution >= 4 is 14.7 Å². The van der Waals surface area contributed by atoms with Crippen molar-refractivity contribution in [2.45, 2.75) is 39.3 Å². The van der Waals surface area contributed by atoms with E-state index in [0.29, 0.717) is 17.5 Å². The summed E-state index contributed by atoms with van der Waals surface area (Å²) in [6, 6.07) is 11.0. The molecule has 0 amide bonds. The first-order valence-corrected chi connectivity index (χ1v) is 13.2. The van der Waals surface area contributed by atoms with E-state index in [1.54, 1.807) is 0 Å². The number of benzene rings is 2. The normalized spacial score (nSPS) is 23.3. The summed E-state index contributed by atoms with van der Waals surface area (Å²) in [5, 5.41) is 0. The van der Waals surface area contributed by atoms with Gasteiger partial charge in [-0.15, -0.1) is 0 Å². The summed E-state index contributed by atoms with van der Waals surface area (Å²) < 4.78 is 53.1. The number of sulfone groups is 1. The molecule has 4 nitrogen and oxygen atoms in total. The minimum Gasteiger partial charge on any atom is -0.299 e. The quantitative estimate of drug-likeness (QED) is 0.610. The molecule has 1 unspecified atom stereocenters. The van der Waals surface area contributed by atoms with Gasteiger partial charge in [-0.2, -0.15) is 0 Å². The predicted octanol–water partition coefficient (Wildman–Crippen LogP) is 5.03. The third-order valence-corrected chi connectivity index (χ3v) is 7.90. The molecule has 2 saturated heterocycles. The number of halogens is 2. The Morgan fingerprint density at radius 3 is 2.27 bits per heavy atom. The third-order valence-electron chi connectivity index (χ3n) is 6.66. The van der Waals surface area contributed by atoms with E-state index in [9.17, 15) is 17.2 Å². The minimum absolute atomic E-state index is 0.0172. The lowest BCUT2D eigenvalue weighted by atomic mass is 9.84. The summed E-state index contributed by atoms with van der Waals surface area (Å²) in [6.07, 6.45) is 3.56. The summed E-state index contributed by atoms with van der Waals surface area (Å²) in [5.41, 5.74) is 3.26. The zero-order chi connectivity index (χ0) is 24.0. The highest BCUT2D eigenvalue weighted by Crippen LogP contribution is 2.43. The van der Waals surface area contributed by atoms with Gasteiger partial charge in [0.25, 0.3) is 0 Å². The molecular weight excluding hydrogens is 442 g/mol. The van der Waals surface area contributed by atoms with Crippen molar-refractivity contribution in [2.75, 3.05) is 32.9 Å². The van der Waals surface area contributed by atoms with Crippen LogP contribution in [-0.2, 0) is 16.4 Å². The minimum atomic E-state index is -3.70. The zero-order valence-corrected chi connectivity index (χ0v) is 20.6. The summed E-state index contributed by atoms with van der Waals surface area (Å²) in [5.74, 6) is -1.58. The number of rotatable bonds is 5. The molecule has 2 aliphatic rings. The van der Waals surface area contributed by atoms with E-state index in [4.69, 9.17) is 0 Å². The highest BCUT2D eigenvalue weighted by Gasteiger charge is 2.37. The first-order valence-electron chi connectivity index (χ1n) is 11.3. The number of hydrogen-bond donors (Lipinski definition) is 0. The lowest BCUT2D eigenvalue weighted by molar-refractivity contribution is 0.111. The van der Waals surface area contributed by atoms with Gasteiger partial charge in [0.2, 0.25) is 0 Å². The average molecular weight is 475 g/mol. The Kier molecular flexibility index (Phi) is 6.51. The van der Waals surface area contributed by atoms with Crippen LogP contribution < -0.4 is 0 Å². The molecule has 1 atom stereocenters. The molecule has 0 spiro atoms. The molecule has 0 N–H and O–H groups in total. The van der Waals surface area contributed by atoms with Crippen LogP contribution in [-0.4, -0.2) is 51.2 Å². The third kappa shape index (κ3) is 5.36. The molecule has 178 valence electrons. The summed E-state index contributed by atoms with van der Waals surface area (Å²) in [7, 11) is -1.78. The van der Waals surface area contributed by atoms with Gasteiger partial charge in [0.05, 0.1) is 10.9 Å². The molecule has 33 heavy (non-hydrogen) atoms. The zero-order valence-electron chi connectivity index (χ0n) is 19.7. The Bertz CT molecular complexity index is 1150. The second kappa shape index (κ2) is 8.93. The summed E-state index contributed by atoms with van der Waals surface area (Å²) in [6.45, 7) is 8.12. The second-order valence-corrected chi connectivity index (χ2v) is 12.3. The fraction of sp³-hybridized carbons (Fsp3) is 0.462. The van der Waals surface area contributed by atoms with E-state index in [1.807, 2.05) is 24.1 Å². The van der Waals surface area contributed by atoms with E-state index in [-0.39, 0.29) is 16.5 Å². The molecular formula is C26H32F2N2O2S. The van der Waals surface area contributed by atoms with Crippen molar-refractivity contribution in [2.24, 2.45) is 5.41 Å². The van der Waals surface area contributed by atoms with E-state index < -0.39 is 21.5 Å². The van der Waals surface area contributed by atoms with Crippen LogP contribution in [0.1, 0.15) is 49.4 Å². The molecule has 0 saturated carbocycles. The molecule has 0 aliphatic carbocycles. The monoisotopic (exact) mass is 474 g/mol. The molecule has 2 aromatic rings. The van der Waals surface area contributed by atoms with Gasteiger partial charge < -0.3 is 0 Å². The lowest BCUT2D eigenvalue weighted by Gasteiger charge is -2.43. The summed E-state index contributed by atoms with van der Waals surface area (Å²) >= 11 is 0. The molecule has 0 bridgehead atoms. The van der Waals surface area contributed by atoms with Crippen molar-refractivity contribution in [3.8, 4) is 0 Å². The van der Waals surface area contributed by atoms with Crippen LogP contribution in [0.15, 0.2) is 48.0 Å². The predicted molar refractivity (Wildman–Crippen MR) is 128 cm³/mol. The van der Waals surface area contributed by atoms with Crippen LogP contribution in [0.2, 0.25) is 0 Å². The van der Waals surface area contributed by atoms with Gasteiger partial charge in [0.15, 0.2) is 9.84 Å². The SMILES string of the molecule is CN1CC(=C(c2cc(F)cc(F)c2)S(C)(=O)=O)C1c1ccc(CN2CCCC(C)(C)C2)cc1. The fourth-order valence-corrected chi connectivity index (χ4v) is 6.52. The molecule has 0 radical (unpaired) electrons. The standard InChI is InChI=1S/C26H32F2N2O2S/c1-26(2)10-5-11-30(17-26)15-18-6-8-19(9-7-18)24-23(16-29(24)3)25(33(4,31)32)20-12-21(27)14-22(28)13-20/h6-9,12-14,24H,5,10-11,15-17H2,1-4H3. The first-order chi connectivity index (χ1) is 15.4. The maximum absolute atomic E-state index is 13.9. The van der Waals surface area contributed by atoms with Gasteiger partial charge in [0, 0.05) is 32.0 Å². The molecule has 2 heterocycles. The molecule has 2 fully saturated rings. The second-order valence-electron chi connectivity index (χ2n) is 10.3. The van der Waals surface area contributed by atoms with Crippen LogP contribution in [0.3, 0.4) is 0 Å². The van der Waals surface area contributed by atoms with E-state index in [1.165, 1.54) is 18.4 Å². The number of likely N-dealkylation sites (N-methyl/N-ethyl adjacent to an activating group) is 1. The Labute approximate surface area is 195 Å². The van der Waals surface area contributed by atoms with Crippen molar-refractivity contribution in [3.05, 3.63) is 76.4 Å². The fourth-order valence-electron chi connectivity index (χ4n) is 5.32. The van der Waals surface area contributed by atoms with Crippen LogP contribution >= 0.6 is 0 Å². The van der Waals surface area contributed by atoms with Crippen molar-refractivity contribution < 1.29 is 17.2 Å². The van der Waals surface area contributed by atoms with Gasteiger partial charge in [-0.05, 0) is 66.2 Å². The van der Waals surface area contributed by atoms with Gasteiger partial charge in [-0.1, -0.05) is 38.1 Å². The van der Waals surface area contributed by atoms with Gasteiger partial charge in [-0.25, -0.2) is 17.2 Å². The van der Waals surface area contributed by atoms with Gasteiger partial charge in [0.1, 0.15) is 11.6 Å². The maximum Gasteiger partial charge on any atom is 0.176 e. The number of nitrogens with zero attached hydrogens (tertiary/aromatic N) is 2. The first kappa shape index (κ1) is 24.0. The molecule has 0 aromatic heterocycles. The Morgan fingerprint density at radius 2 is 1.73 bits per heavy atom. The smallest absolute Gasteiger partial charge is 0.176 e. The molecule has 4 rings (SSSR count). The highest BCUT2D eigenvalue weighted by molar-refractivity contribution is 8.00. The van der Waals surface area contributed by atoms with Crippen molar-refractivity contribution in [3.63, 3.8) is 0 Å². The maximum atomic E-state index is 13.9. The lowest BCUT2D eigenvalue weighted by Crippen LogP contribution is -2.41. The van der Waals surface area contributed by atoms with E-state index in [2.05, 4.69) is 30.9 Å². The Morgan fingerprint density at radius 1 is 1.09 bits per heavy atom. The van der Waals surface area contributed by atoms with E-state index in [0.717, 1.165) is 49.7 Å². The van der Waals surface area contributed by atoms with Crippen LogP contribution in [0.5, 0.6) is 0 Å². The van der Waals surface area contributed by atoms with Crippen LogP contribution in [0, 0.1) is 17.0 Å². The topological polar surface area (TPSA) is 40.6 Å². The number of hydrogen-bond acceptors (Lipinski definition) is 4. The van der Waals surface area contributed by atoms with Crippen LogP contribution in [0.25, 0.3) is 4.91 Å². The molecule has 2 aromatic carbocycles. The Balaban J connectivity index is 1.63. The average Bonchev–Trinajstić information content (AvgIpc) is 2.66. The van der Waals surface area contributed by atoms with E-state index >= 15 is 0 Å². The Hall–Kier alpha value is -2.09. The number of likely N-dealkylation sites (tertiary alicyclic amines) is 2. The number of piperidine rings is 1. The van der Waals surface area contributed by atoms with Gasteiger partial charge >= 0.3 is 0 Å². The summed E-state index contributed by atoms with van der Waals surface area (Å²) in [4.78, 5) is 4.54. The van der Waals surface area contributed by atoms with Crippen molar-refractivity contribution in [1.29, 1.82) is 0 Å². The largest absolute Gasteiger partial charge is 0.299 e. The molecule has 2 aliphatic heterocycles. The molecule has 7 heteroatoms.